The number of carbonyl (C=O) groups is 1. The summed E-state index contributed by atoms with van der Waals surface area (Å²) in [4.78, 5) is 11.8. The van der Waals surface area contributed by atoms with E-state index in [0.717, 1.165) is 25.7 Å². The van der Waals surface area contributed by atoms with Crippen molar-refractivity contribution in [3.63, 3.8) is 0 Å². The lowest BCUT2D eigenvalue weighted by Gasteiger charge is -2.33. The molecule has 0 unspecified atom stereocenters. The van der Waals surface area contributed by atoms with E-state index in [9.17, 15) is 13.2 Å². The topological polar surface area (TPSA) is 66.5 Å². The zero-order chi connectivity index (χ0) is 16.0. The van der Waals surface area contributed by atoms with E-state index in [1.54, 1.807) is 4.31 Å². The molecule has 2 atom stereocenters. The van der Waals surface area contributed by atoms with Gasteiger partial charge < -0.3 is 5.32 Å². The number of amides is 1. The predicted octanol–water partition coefficient (Wildman–Crippen LogP) is 1.99. The Morgan fingerprint density at radius 2 is 2.00 bits per heavy atom. The number of hydrogen-bond acceptors (Lipinski definition) is 3. The molecule has 1 amide bonds. The first-order valence-electron chi connectivity index (χ1n) is 8.04. The van der Waals surface area contributed by atoms with Crippen LogP contribution in [0.4, 0.5) is 0 Å². The second-order valence-electron chi connectivity index (χ2n) is 6.53. The SMILES string of the molecule is CCC[C@H](C)CS(=O)(=O)N1CCC[C@@H](NC(=O)C(C)C)C1. The number of sulfonamides is 1. The van der Waals surface area contributed by atoms with E-state index in [1.165, 1.54) is 0 Å². The van der Waals surface area contributed by atoms with Gasteiger partial charge in [0, 0.05) is 25.0 Å². The van der Waals surface area contributed by atoms with Crippen molar-refractivity contribution in [1.29, 1.82) is 0 Å². The first kappa shape index (κ1) is 18.4. The third kappa shape index (κ3) is 5.94. The average Bonchev–Trinajstić information content (AvgIpc) is 2.38. The molecule has 1 heterocycles. The molecular weight excluding hydrogens is 288 g/mol. The second-order valence-corrected chi connectivity index (χ2v) is 8.55. The number of carbonyl (C=O) groups excluding carboxylic acids is 1. The fraction of sp³-hybridized carbons (Fsp3) is 0.933. The van der Waals surface area contributed by atoms with E-state index in [4.69, 9.17) is 0 Å². The van der Waals surface area contributed by atoms with Crippen LogP contribution >= 0.6 is 0 Å². The minimum absolute atomic E-state index is 0.00130. The van der Waals surface area contributed by atoms with Gasteiger partial charge in [-0.05, 0) is 25.2 Å². The van der Waals surface area contributed by atoms with Gasteiger partial charge in [-0.3, -0.25) is 4.79 Å². The molecule has 1 fully saturated rings. The molecule has 1 N–H and O–H groups in total. The van der Waals surface area contributed by atoms with Gasteiger partial charge in [0.25, 0.3) is 0 Å². The van der Waals surface area contributed by atoms with Gasteiger partial charge in [-0.1, -0.05) is 34.1 Å². The predicted molar refractivity (Wildman–Crippen MR) is 85.4 cm³/mol. The van der Waals surface area contributed by atoms with Gasteiger partial charge in [-0.2, -0.15) is 4.31 Å². The molecule has 1 aliphatic rings. The molecule has 6 heteroatoms. The van der Waals surface area contributed by atoms with Crippen LogP contribution in [0.25, 0.3) is 0 Å². The van der Waals surface area contributed by atoms with Crippen LogP contribution in [0.3, 0.4) is 0 Å². The fourth-order valence-corrected chi connectivity index (χ4v) is 4.63. The van der Waals surface area contributed by atoms with Crippen molar-refractivity contribution in [2.24, 2.45) is 11.8 Å². The van der Waals surface area contributed by atoms with Crippen molar-refractivity contribution in [1.82, 2.24) is 9.62 Å². The number of nitrogens with one attached hydrogen (secondary N) is 1. The molecule has 5 nitrogen and oxygen atoms in total. The maximum absolute atomic E-state index is 12.4. The number of nitrogens with zero attached hydrogens (tertiary/aromatic N) is 1. The van der Waals surface area contributed by atoms with Crippen LogP contribution in [-0.2, 0) is 14.8 Å². The molecule has 0 aliphatic carbocycles. The van der Waals surface area contributed by atoms with Gasteiger partial charge in [0.15, 0.2) is 0 Å². The Balaban J connectivity index is 2.60. The van der Waals surface area contributed by atoms with Crippen LogP contribution in [0, 0.1) is 11.8 Å². The number of hydrogen-bond donors (Lipinski definition) is 1. The molecule has 0 radical (unpaired) electrons. The summed E-state index contributed by atoms with van der Waals surface area (Å²) in [6.07, 6.45) is 3.60. The van der Waals surface area contributed by atoms with Crippen LogP contribution in [0.15, 0.2) is 0 Å². The van der Waals surface area contributed by atoms with Gasteiger partial charge >= 0.3 is 0 Å². The lowest BCUT2D eigenvalue weighted by Crippen LogP contribution is -2.51. The van der Waals surface area contributed by atoms with Gasteiger partial charge in [-0.15, -0.1) is 0 Å². The maximum Gasteiger partial charge on any atom is 0.222 e. The number of rotatable bonds is 7. The first-order valence-corrected chi connectivity index (χ1v) is 9.65. The highest BCUT2D eigenvalue weighted by Crippen LogP contribution is 2.18. The lowest BCUT2D eigenvalue weighted by molar-refractivity contribution is -0.124. The molecule has 0 saturated carbocycles. The molecule has 1 rings (SSSR count). The fourth-order valence-electron chi connectivity index (χ4n) is 2.72. The van der Waals surface area contributed by atoms with E-state index < -0.39 is 10.0 Å². The van der Waals surface area contributed by atoms with Crippen molar-refractivity contribution in [2.45, 2.75) is 59.4 Å². The first-order chi connectivity index (χ1) is 9.76. The Labute approximate surface area is 129 Å². The third-order valence-corrected chi connectivity index (χ3v) is 6.03. The summed E-state index contributed by atoms with van der Waals surface area (Å²) in [5.74, 6) is 0.330. The van der Waals surface area contributed by atoms with Crippen LogP contribution < -0.4 is 5.32 Å². The standard InChI is InChI=1S/C15H30N2O3S/c1-5-7-13(4)11-21(19,20)17-9-6-8-14(10-17)16-15(18)12(2)3/h12-14H,5-11H2,1-4H3,(H,16,18)/t13-,14+/m0/s1. The molecule has 0 aromatic heterocycles. The Morgan fingerprint density at radius 1 is 1.33 bits per heavy atom. The molecular formula is C15H30N2O3S. The maximum atomic E-state index is 12.4. The second kappa shape index (κ2) is 8.13. The summed E-state index contributed by atoms with van der Waals surface area (Å²) in [5.41, 5.74) is 0. The van der Waals surface area contributed by atoms with Gasteiger partial charge in [0.2, 0.25) is 15.9 Å². The van der Waals surface area contributed by atoms with Crippen molar-refractivity contribution in [2.75, 3.05) is 18.8 Å². The monoisotopic (exact) mass is 318 g/mol. The molecule has 1 aliphatic heterocycles. The van der Waals surface area contributed by atoms with Crippen LogP contribution in [0.5, 0.6) is 0 Å². The molecule has 124 valence electrons. The average molecular weight is 318 g/mol. The largest absolute Gasteiger partial charge is 0.352 e. The highest BCUT2D eigenvalue weighted by Gasteiger charge is 2.30. The highest BCUT2D eigenvalue weighted by atomic mass is 32.2. The van der Waals surface area contributed by atoms with Crippen LogP contribution in [-0.4, -0.2) is 43.5 Å². The molecule has 0 aromatic rings. The smallest absolute Gasteiger partial charge is 0.222 e. The van der Waals surface area contributed by atoms with Gasteiger partial charge in [0.1, 0.15) is 0 Å². The summed E-state index contributed by atoms with van der Waals surface area (Å²) in [6, 6.07) is -0.0510. The summed E-state index contributed by atoms with van der Waals surface area (Å²) < 4.78 is 26.5. The van der Waals surface area contributed by atoms with E-state index in [1.807, 2.05) is 20.8 Å². The Bertz CT molecular complexity index is 434. The quantitative estimate of drug-likeness (QED) is 0.780. The zero-order valence-corrected chi connectivity index (χ0v) is 14.6. The van der Waals surface area contributed by atoms with Gasteiger partial charge in [-0.25, -0.2) is 8.42 Å². The Kier molecular flexibility index (Phi) is 7.13. The Hall–Kier alpha value is -0.620. The normalized spacial score (nSPS) is 22.2. The minimum Gasteiger partial charge on any atom is -0.352 e. The van der Waals surface area contributed by atoms with E-state index in [2.05, 4.69) is 12.2 Å². The van der Waals surface area contributed by atoms with Crippen molar-refractivity contribution < 1.29 is 13.2 Å². The number of piperidine rings is 1. The van der Waals surface area contributed by atoms with E-state index in [0.29, 0.717) is 13.1 Å². The Morgan fingerprint density at radius 3 is 2.57 bits per heavy atom. The summed E-state index contributed by atoms with van der Waals surface area (Å²) in [5, 5.41) is 2.95. The van der Waals surface area contributed by atoms with Crippen LogP contribution in [0.1, 0.15) is 53.4 Å². The van der Waals surface area contributed by atoms with Crippen LogP contribution in [0.2, 0.25) is 0 Å². The third-order valence-electron chi connectivity index (χ3n) is 3.92. The van der Waals surface area contributed by atoms with Crippen molar-refractivity contribution in [3.8, 4) is 0 Å². The molecule has 21 heavy (non-hydrogen) atoms. The molecule has 0 bridgehead atoms. The van der Waals surface area contributed by atoms with Crippen molar-refractivity contribution >= 4 is 15.9 Å². The summed E-state index contributed by atoms with van der Waals surface area (Å²) in [7, 11) is -3.21. The van der Waals surface area contributed by atoms with E-state index >= 15 is 0 Å². The summed E-state index contributed by atoms with van der Waals surface area (Å²) >= 11 is 0. The molecule has 1 saturated heterocycles. The molecule has 0 spiro atoms. The van der Waals surface area contributed by atoms with E-state index in [-0.39, 0.29) is 29.5 Å². The highest BCUT2D eigenvalue weighted by molar-refractivity contribution is 7.89. The zero-order valence-electron chi connectivity index (χ0n) is 13.8. The minimum atomic E-state index is -3.21. The van der Waals surface area contributed by atoms with Crippen molar-refractivity contribution in [3.05, 3.63) is 0 Å². The molecule has 0 aromatic carbocycles. The summed E-state index contributed by atoms with van der Waals surface area (Å²) in [6.45, 7) is 8.75. The lowest BCUT2D eigenvalue weighted by atomic mass is 10.1. The van der Waals surface area contributed by atoms with Gasteiger partial charge in [0.05, 0.1) is 5.75 Å².